The molecule has 0 aliphatic rings. The maximum Gasteiger partial charge on any atom is 0.287 e. The average molecular weight is 191 g/mol. The number of benzene rings is 1. The summed E-state index contributed by atoms with van der Waals surface area (Å²) < 4.78 is 5.18. The quantitative estimate of drug-likeness (QED) is 0.538. The van der Waals surface area contributed by atoms with Gasteiger partial charge >= 0.3 is 0 Å². The molecule has 0 spiro atoms. The van der Waals surface area contributed by atoms with Crippen molar-refractivity contribution in [1.82, 2.24) is 0 Å². The van der Waals surface area contributed by atoms with E-state index in [0.717, 1.165) is 0 Å². The summed E-state index contributed by atoms with van der Waals surface area (Å²) in [6.45, 7) is 2.44. The number of amides is 1. The summed E-state index contributed by atoms with van der Waals surface area (Å²) in [5, 5.41) is 0. The molecule has 0 saturated heterocycles. The fourth-order valence-electron chi connectivity index (χ4n) is 0.966. The van der Waals surface area contributed by atoms with E-state index in [-0.39, 0.29) is 0 Å². The van der Waals surface area contributed by atoms with E-state index >= 15 is 0 Å². The number of rotatable bonds is 3. The van der Waals surface area contributed by atoms with Gasteiger partial charge in [-0.05, 0) is 31.2 Å². The van der Waals surface area contributed by atoms with Crippen LogP contribution in [0.15, 0.2) is 29.3 Å². The van der Waals surface area contributed by atoms with Gasteiger partial charge in [0.15, 0.2) is 0 Å². The molecular weight excluding hydrogens is 182 g/mol. The molecule has 1 amide bonds. The number of nitrogens with zero attached hydrogens (tertiary/aromatic N) is 1. The average Bonchev–Trinajstić information content (AvgIpc) is 2.20. The first-order valence-electron chi connectivity index (χ1n) is 4.13. The van der Waals surface area contributed by atoms with Crippen molar-refractivity contribution < 1.29 is 14.3 Å². The molecule has 0 radical (unpaired) electrons. The molecule has 0 atom stereocenters. The molecular formula is C10H9NO3. The van der Waals surface area contributed by atoms with Crippen LogP contribution in [0.2, 0.25) is 0 Å². The van der Waals surface area contributed by atoms with Gasteiger partial charge in [-0.25, -0.2) is 4.79 Å². The topological polar surface area (TPSA) is 55.7 Å². The SMILES string of the molecule is CCOc1ccc(C(=O)N=C=O)cc1. The first-order valence-corrected chi connectivity index (χ1v) is 4.13. The van der Waals surface area contributed by atoms with Crippen LogP contribution in [0.1, 0.15) is 17.3 Å². The van der Waals surface area contributed by atoms with Gasteiger partial charge in [0.1, 0.15) is 5.75 Å². The van der Waals surface area contributed by atoms with Gasteiger partial charge in [0.25, 0.3) is 5.91 Å². The van der Waals surface area contributed by atoms with Gasteiger partial charge in [-0.1, -0.05) is 0 Å². The third-order valence-corrected chi connectivity index (χ3v) is 1.56. The lowest BCUT2D eigenvalue weighted by Crippen LogP contribution is -1.95. The minimum absolute atomic E-state index is 0.344. The van der Waals surface area contributed by atoms with Crippen LogP contribution >= 0.6 is 0 Å². The van der Waals surface area contributed by atoms with Crippen LogP contribution in [-0.4, -0.2) is 18.6 Å². The van der Waals surface area contributed by atoms with Crippen molar-refractivity contribution in [3.8, 4) is 5.75 Å². The Morgan fingerprint density at radius 2 is 2.07 bits per heavy atom. The zero-order valence-corrected chi connectivity index (χ0v) is 7.69. The van der Waals surface area contributed by atoms with Crippen LogP contribution < -0.4 is 4.74 Å². The number of ether oxygens (including phenoxy) is 1. The monoisotopic (exact) mass is 191 g/mol. The highest BCUT2D eigenvalue weighted by molar-refractivity contribution is 5.97. The van der Waals surface area contributed by atoms with E-state index in [1.165, 1.54) is 6.08 Å². The lowest BCUT2D eigenvalue weighted by molar-refractivity contribution is 0.100. The van der Waals surface area contributed by atoms with Gasteiger partial charge in [0.2, 0.25) is 6.08 Å². The van der Waals surface area contributed by atoms with Gasteiger partial charge in [0, 0.05) is 5.56 Å². The van der Waals surface area contributed by atoms with Gasteiger partial charge in [0.05, 0.1) is 6.61 Å². The highest BCUT2D eigenvalue weighted by Crippen LogP contribution is 2.12. The second kappa shape index (κ2) is 4.94. The summed E-state index contributed by atoms with van der Waals surface area (Å²) in [6, 6.07) is 6.40. The maximum atomic E-state index is 11.0. The van der Waals surface area contributed by atoms with Gasteiger partial charge in [-0.2, -0.15) is 0 Å². The normalized spacial score (nSPS) is 8.93. The Balaban J connectivity index is 2.82. The fourth-order valence-corrected chi connectivity index (χ4v) is 0.966. The molecule has 0 fully saturated rings. The second-order valence-electron chi connectivity index (χ2n) is 2.47. The summed E-state index contributed by atoms with van der Waals surface area (Å²) in [7, 11) is 0. The second-order valence-corrected chi connectivity index (χ2v) is 2.47. The molecule has 1 aromatic rings. The number of carbonyl (C=O) groups excluding carboxylic acids is 2. The number of isocyanates is 1. The summed E-state index contributed by atoms with van der Waals surface area (Å²) in [4.78, 5) is 23.8. The molecule has 0 heterocycles. The van der Waals surface area contributed by atoms with E-state index < -0.39 is 5.91 Å². The van der Waals surface area contributed by atoms with E-state index in [2.05, 4.69) is 4.99 Å². The zero-order valence-electron chi connectivity index (χ0n) is 7.69. The first-order chi connectivity index (χ1) is 6.77. The maximum absolute atomic E-state index is 11.0. The molecule has 4 nitrogen and oxygen atoms in total. The third-order valence-electron chi connectivity index (χ3n) is 1.56. The summed E-state index contributed by atoms with van der Waals surface area (Å²) >= 11 is 0. The minimum Gasteiger partial charge on any atom is -0.494 e. The Morgan fingerprint density at radius 1 is 1.43 bits per heavy atom. The Morgan fingerprint density at radius 3 is 2.57 bits per heavy atom. The van der Waals surface area contributed by atoms with Crippen molar-refractivity contribution in [3.05, 3.63) is 29.8 Å². The van der Waals surface area contributed by atoms with E-state index in [4.69, 9.17) is 4.74 Å². The first kappa shape index (κ1) is 10.2. The molecule has 0 saturated carbocycles. The van der Waals surface area contributed by atoms with Crippen LogP contribution in [0.4, 0.5) is 0 Å². The molecule has 0 unspecified atom stereocenters. The molecule has 72 valence electrons. The predicted octanol–water partition coefficient (Wildman–Crippen LogP) is 1.56. The lowest BCUT2D eigenvalue weighted by Gasteiger charge is -2.01. The number of hydrogen-bond acceptors (Lipinski definition) is 3. The largest absolute Gasteiger partial charge is 0.494 e. The van der Waals surface area contributed by atoms with Crippen molar-refractivity contribution in [2.24, 2.45) is 4.99 Å². The van der Waals surface area contributed by atoms with E-state index in [1.54, 1.807) is 24.3 Å². The summed E-state index contributed by atoms with van der Waals surface area (Å²) in [6.07, 6.45) is 1.20. The van der Waals surface area contributed by atoms with Crippen LogP contribution in [0.25, 0.3) is 0 Å². The highest BCUT2D eigenvalue weighted by Gasteiger charge is 2.02. The molecule has 0 aliphatic carbocycles. The van der Waals surface area contributed by atoms with Crippen molar-refractivity contribution in [1.29, 1.82) is 0 Å². The molecule has 0 aliphatic heterocycles. The van der Waals surface area contributed by atoms with Crippen LogP contribution in [0.5, 0.6) is 5.75 Å². The van der Waals surface area contributed by atoms with E-state index in [0.29, 0.717) is 17.9 Å². The predicted molar refractivity (Wildman–Crippen MR) is 50.1 cm³/mol. The molecule has 0 aromatic heterocycles. The zero-order chi connectivity index (χ0) is 10.4. The minimum atomic E-state index is -0.594. The summed E-state index contributed by atoms with van der Waals surface area (Å²) in [5.74, 6) is 0.0854. The van der Waals surface area contributed by atoms with Gasteiger partial charge < -0.3 is 4.74 Å². The van der Waals surface area contributed by atoms with E-state index in [9.17, 15) is 9.59 Å². The van der Waals surface area contributed by atoms with Crippen molar-refractivity contribution >= 4 is 12.0 Å². The molecule has 1 rings (SSSR count). The Hall–Kier alpha value is -1.93. The van der Waals surface area contributed by atoms with Gasteiger partial charge in [-0.3, -0.25) is 4.79 Å². The molecule has 1 aromatic carbocycles. The Labute approximate surface area is 81.2 Å². The van der Waals surface area contributed by atoms with Crippen LogP contribution in [-0.2, 0) is 4.79 Å². The number of carbonyl (C=O) groups is 1. The molecule has 0 bridgehead atoms. The summed E-state index contributed by atoms with van der Waals surface area (Å²) in [5.41, 5.74) is 0.344. The van der Waals surface area contributed by atoms with Crippen molar-refractivity contribution in [2.45, 2.75) is 6.92 Å². The molecule has 4 heteroatoms. The smallest absolute Gasteiger partial charge is 0.287 e. The number of hydrogen-bond donors (Lipinski definition) is 0. The van der Waals surface area contributed by atoms with E-state index in [1.807, 2.05) is 6.92 Å². The fraction of sp³-hybridized carbons (Fsp3) is 0.200. The van der Waals surface area contributed by atoms with Gasteiger partial charge in [-0.15, -0.1) is 4.99 Å². The highest BCUT2D eigenvalue weighted by atomic mass is 16.5. The van der Waals surface area contributed by atoms with Crippen LogP contribution in [0.3, 0.4) is 0 Å². The Kier molecular flexibility index (Phi) is 3.58. The Bertz CT molecular complexity index is 363. The van der Waals surface area contributed by atoms with Crippen molar-refractivity contribution in [3.63, 3.8) is 0 Å². The standard InChI is InChI=1S/C10H9NO3/c1-2-14-9-5-3-8(4-6-9)10(13)11-7-12/h3-6H,2H2,1H3. The van der Waals surface area contributed by atoms with Crippen molar-refractivity contribution in [2.75, 3.05) is 6.61 Å². The molecule has 14 heavy (non-hydrogen) atoms. The third kappa shape index (κ3) is 2.54. The number of aliphatic imine (C=N–C) groups is 1. The van der Waals surface area contributed by atoms with Crippen LogP contribution in [0, 0.1) is 0 Å². The lowest BCUT2D eigenvalue weighted by atomic mass is 10.2. The molecule has 0 N–H and O–H groups in total.